The van der Waals surface area contributed by atoms with Crippen molar-refractivity contribution in [3.63, 3.8) is 0 Å². The minimum atomic E-state index is -0.413. The van der Waals surface area contributed by atoms with Crippen LogP contribution >= 0.6 is 31.9 Å². The first-order valence-electron chi connectivity index (χ1n) is 4.65. The fourth-order valence-corrected chi connectivity index (χ4v) is 2.51. The summed E-state index contributed by atoms with van der Waals surface area (Å²) in [5, 5.41) is 10.7. The molecule has 0 radical (unpaired) electrons. The molecule has 0 aliphatic heterocycles. The molecule has 0 saturated carbocycles. The summed E-state index contributed by atoms with van der Waals surface area (Å²) in [6.45, 7) is 0. The van der Waals surface area contributed by atoms with Crippen molar-refractivity contribution in [3.05, 3.63) is 55.7 Å². The van der Waals surface area contributed by atoms with Gasteiger partial charge in [-0.3, -0.25) is 10.1 Å². The maximum absolute atomic E-state index is 10.7. The zero-order valence-corrected chi connectivity index (χ0v) is 11.6. The number of nitro groups is 1. The topological polar surface area (TPSA) is 56.0 Å². The van der Waals surface area contributed by atoms with Gasteiger partial charge in [-0.25, -0.2) is 4.98 Å². The van der Waals surface area contributed by atoms with Gasteiger partial charge in [-0.2, -0.15) is 0 Å². The normalized spacial score (nSPS) is 10.2. The third-order valence-electron chi connectivity index (χ3n) is 2.18. The Balaban J connectivity index is 2.53. The third-order valence-corrected chi connectivity index (χ3v) is 3.23. The number of hydrogen-bond acceptors (Lipinski definition) is 3. The van der Waals surface area contributed by atoms with Crippen LogP contribution in [0, 0.1) is 10.1 Å². The van der Waals surface area contributed by atoms with Crippen LogP contribution in [0.15, 0.2) is 45.6 Å². The van der Waals surface area contributed by atoms with Crippen molar-refractivity contribution in [2.45, 2.75) is 0 Å². The Hall–Kier alpha value is -1.27. The van der Waals surface area contributed by atoms with Crippen molar-refractivity contribution in [1.29, 1.82) is 0 Å². The smallest absolute Gasteiger partial charge is 0.258 e. The zero-order chi connectivity index (χ0) is 12.4. The van der Waals surface area contributed by atoms with Gasteiger partial charge in [0.05, 0.1) is 4.92 Å². The molecule has 0 fully saturated rings. The summed E-state index contributed by atoms with van der Waals surface area (Å²) in [5.41, 5.74) is 1.64. The van der Waals surface area contributed by atoms with Crippen molar-refractivity contribution in [3.8, 4) is 11.1 Å². The van der Waals surface area contributed by atoms with Gasteiger partial charge in [-0.1, -0.05) is 12.1 Å². The first-order chi connectivity index (χ1) is 8.08. The van der Waals surface area contributed by atoms with Crippen molar-refractivity contribution in [2.75, 3.05) is 0 Å². The largest absolute Gasteiger partial charge is 0.270 e. The van der Waals surface area contributed by atoms with E-state index in [1.54, 1.807) is 12.1 Å². The van der Waals surface area contributed by atoms with Crippen LogP contribution in [0.2, 0.25) is 0 Å². The molecule has 0 spiro atoms. The van der Waals surface area contributed by atoms with Crippen LogP contribution in [0.3, 0.4) is 0 Å². The lowest BCUT2D eigenvalue weighted by atomic mass is 10.1. The first kappa shape index (κ1) is 12.2. The molecule has 1 heterocycles. The Morgan fingerprint density at radius 1 is 1.18 bits per heavy atom. The highest BCUT2D eigenvalue weighted by Crippen LogP contribution is 2.30. The Bertz CT molecular complexity index is 587. The summed E-state index contributed by atoms with van der Waals surface area (Å²) in [4.78, 5) is 14.5. The number of pyridine rings is 1. The predicted molar refractivity (Wildman–Crippen MR) is 71.7 cm³/mol. The van der Waals surface area contributed by atoms with Gasteiger partial charge in [0, 0.05) is 17.7 Å². The fraction of sp³-hybridized carbons (Fsp3) is 0. The van der Waals surface area contributed by atoms with Gasteiger partial charge < -0.3 is 0 Å². The maximum atomic E-state index is 10.7. The molecule has 1 aromatic carbocycles. The summed E-state index contributed by atoms with van der Waals surface area (Å²) in [6, 6.07) is 10.1. The molecular weight excluding hydrogens is 352 g/mol. The molecule has 0 N–H and O–H groups in total. The Labute approximate surface area is 114 Å². The molecular formula is C11H6Br2N2O2. The number of aromatic nitrogens is 1. The average Bonchev–Trinajstić information content (AvgIpc) is 2.29. The summed E-state index contributed by atoms with van der Waals surface area (Å²) in [7, 11) is 0. The molecule has 0 unspecified atom stereocenters. The summed E-state index contributed by atoms with van der Waals surface area (Å²) >= 11 is 6.59. The van der Waals surface area contributed by atoms with Crippen LogP contribution in [0.5, 0.6) is 0 Å². The second-order valence-electron chi connectivity index (χ2n) is 3.28. The van der Waals surface area contributed by atoms with E-state index in [1.807, 2.05) is 12.1 Å². The molecule has 0 atom stereocenters. The quantitative estimate of drug-likeness (QED) is 0.460. The number of benzene rings is 1. The van der Waals surface area contributed by atoms with Gasteiger partial charge in [0.15, 0.2) is 0 Å². The highest BCUT2D eigenvalue weighted by molar-refractivity contribution is 9.11. The summed E-state index contributed by atoms with van der Waals surface area (Å²) < 4.78 is 1.35. The highest BCUT2D eigenvalue weighted by Gasteiger charge is 2.10. The molecule has 17 heavy (non-hydrogen) atoms. The van der Waals surface area contributed by atoms with Crippen LogP contribution in [-0.4, -0.2) is 9.91 Å². The predicted octanol–water partition coefficient (Wildman–Crippen LogP) is 4.18. The molecule has 0 bridgehead atoms. The molecule has 2 aromatic rings. The average molecular weight is 358 g/mol. The second-order valence-corrected chi connectivity index (χ2v) is 4.84. The zero-order valence-electron chi connectivity index (χ0n) is 8.43. The lowest BCUT2D eigenvalue weighted by molar-refractivity contribution is -0.384. The number of nitrogens with zero attached hydrogens (tertiary/aromatic N) is 2. The van der Waals surface area contributed by atoms with E-state index in [4.69, 9.17) is 0 Å². The molecule has 0 amide bonds. The van der Waals surface area contributed by atoms with E-state index in [0.717, 1.165) is 11.1 Å². The lowest BCUT2D eigenvalue weighted by Gasteiger charge is -2.04. The van der Waals surface area contributed by atoms with Gasteiger partial charge >= 0.3 is 0 Å². The Kier molecular flexibility index (Phi) is 3.54. The van der Waals surface area contributed by atoms with E-state index in [0.29, 0.717) is 9.21 Å². The van der Waals surface area contributed by atoms with E-state index in [1.165, 1.54) is 12.1 Å². The number of nitro benzene ring substituents is 1. The van der Waals surface area contributed by atoms with Crippen molar-refractivity contribution in [1.82, 2.24) is 4.98 Å². The molecule has 4 nitrogen and oxygen atoms in total. The molecule has 6 heteroatoms. The fourth-order valence-electron chi connectivity index (χ4n) is 1.41. The van der Waals surface area contributed by atoms with E-state index >= 15 is 0 Å². The van der Waals surface area contributed by atoms with Crippen LogP contribution < -0.4 is 0 Å². The van der Waals surface area contributed by atoms with Crippen molar-refractivity contribution in [2.24, 2.45) is 0 Å². The van der Waals surface area contributed by atoms with Gasteiger partial charge in [-0.15, -0.1) is 0 Å². The number of halogens is 2. The second kappa shape index (κ2) is 4.93. The van der Waals surface area contributed by atoms with Crippen LogP contribution in [-0.2, 0) is 0 Å². The van der Waals surface area contributed by atoms with Gasteiger partial charge in [0.1, 0.15) is 9.21 Å². The van der Waals surface area contributed by atoms with Gasteiger partial charge in [-0.05, 0) is 49.6 Å². The van der Waals surface area contributed by atoms with Crippen LogP contribution in [0.1, 0.15) is 0 Å². The Morgan fingerprint density at radius 2 is 1.94 bits per heavy atom. The third kappa shape index (κ3) is 2.70. The monoisotopic (exact) mass is 356 g/mol. The molecule has 0 saturated heterocycles. The molecule has 0 aliphatic rings. The van der Waals surface area contributed by atoms with E-state index in [-0.39, 0.29) is 5.69 Å². The lowest BCUT2D eigenvalue weighted by Crippen LogP contribution is -1.89. The summed E-state index contributed by atoms with van der Waals surface area (Å²) in [5.74, 6) is 0. The van der Waals surface area contributed by atoms with E-state index in [9.17, 15) is 10.1 Å². The van der Waals surface area contributed by atoms with Gasteiger partial charge in [0.2, 0.25) is 0 Å². The number of rotatable bonds is 2. The van der Waals surface area contributed by atoms with E-state index in [2.05, 4.69) is 36.8 Å². The van der Waals surface area contributed by atoms with Gasteiger partial charge in [0.25, 0.3) is 5.69 Å². The number of non-ortho nitro benzene ring substituents is 1. The minimum Gasteiger partial charge on any atom is -0.258 e. The van der Waals surface area contributed by atoms with Crippen LogP contribution in [0.4, 0.5) is 5.69 Å². The Morgan fingerprint density at radius 3 is 2.59 bits per heavy atom. The van der Waals surface area contributed by atoms with E-state index < -0.39 is 4.92 Å². The highest BCUT2D eigenvalue weighted by atomic mass is 79.9. The van der Waals surface area contributed by atoms with Crippen molar-refractivity contribution < 1.29 is 4.92 Å². The van der Waals surface area contributed by atoms with Crippen LogP contribution in [0.25, 0.3) is 11.1 Å². The first-order valence-corrected chi connectivity index (χ1v) is 6.23. The molecule has 86 valence electrons. The molecule has 1 aromatic heterocycles. The standard InChI is InChI=1S/C11H6Br2N2O2/c12-10-5-4-9(11(13)14-10)7-2-1-3-8(6-7)15(16)17/h1-6H. The number of hydrogen-bond donors (Lipinski definition) is 0. The SMILES string of the molecule is O=[N+]([O-])c1cccc(-c2ccc(Br)nc2Br)c1. The van der Waals surface area contributed by atoms with Crippen molar-refractivity contribution >= 4 is 37.5 Å². The maximum Gasteiger partial charge on any atom is 0.270 e. The summed E-state index contributed by atoms with van der Waals surface area (Å²) in [6.07, 6.45) is 0. The minimum absolute atomic E-state index is 0.0670. The molecule has 0 aliphatic carbocycles. The molecule has 2 rings (SSSR count).